The molecule has 114 valence electrons. The number of hydrogen-bond acceptors (Lipinski definition) is 3. The van der Waals surface area contributed by atoms with Gasteiger partial charge in [0.25, 0.3) is 0 Å². The Kier molecular flexibility index (Phi) is 5.14. The number of benzene rings is 1. The molecule has 4 nitrogen and oxygen atoms in total. The van der Waals surface area contributed by atoms with Gasteiger partial charge >= 0.3 is 5.97 Å². The topological polar surface area (TPSA) is 60.6 Å². The maximum absolute atomic E-state index is 12.3. The summed E-state index contributed by atoms with van der Waals surface area (Å²) in [4.78, 5) is 12.6. The first kappa shape index (κ1) is 16.4. The molecule has 0 aromatic heterocycles. The minimum absolute atomic E-state index is 0.254. The van der Waals surface area contributed by atoms with Crippen LogP contribution in [0.25, 0.3) is 5.41 Å². The van der Waals surface area contributed by atoms with Crippen LogP contribution in [-0.2, 0) is 9.53 Å². The smallest absolute Gasteiger partial charge is 0.336 e. The van der Waals surface area contributed by atoms with Crippen LogP contribution in [0.4, 0.5) is 0 Å². The number of rotatable bonds is 3. The molecule has 0 spiro atoms. The van der Waals surface area contributed by atoms with Gasteiger partial charge in [-0.25, -0.2) is 4.79 Å². The van der Waals surface area contributed by atoms with E-state index < -0.39 is 11.9 Å². The number of allylic oxidation sites excluding steroid dienone is 1. The summed E-state index contributed by atoms with van der Waals surface area (Å²) in [5, 5.41) is 12.9. The van der Waals surface area contributed by atoms with Crippen molar-refractivity contribution in [2.75, 3.05) is 6.61 Å². The molecule has 22 heavy (non-hydrogen) atoms. The monoisotopic (exact) mass is 333 g/mol. The molecule has 0 aliphatic carbocycles. The number of carbonyl (C=O) groups excluding carboxylic acids is 1. The second kappa shape index (κ2) is 6.88. The van der Waals surface area contributed by atoms with Crippen molar-refractivity contribution in [3.63, 3.8) is 0 Å². The van der Waals surface area contributed by atoms with Gasteiger partial charge in [-0.3, -0.25) is 5.87 Å². The fourth-order valence-corrected chi connectivity index (χ4v) is 2.93. The Labute approximate surface area is 139 Å². The Hall–Kier alpha value is -1.94. The van der Waals surface area contributed by atoms with Crippen LogP contribution >= 0.6 is 23.8 Å². The Balaban J connectivity index is 2.65. The second-order valence-electron chi connectivity index (χ2n) is 4.73. The zero-order chi connectivity index (χ0) is 16.3. The minimum atomic E-state index is -0.573. The van der Waals surface area contributed by atoms with Gasteiger partial charge in [-0.2, -0.15) is 0 Å². The average molecular weight is 334 g/mol. The largest absolute Gasteiger partial charge is 0.763 e. The molecule has 6 heteroatoms. The van der Waals surface area contributed by atoms with Gasteiger partial charge in [0.2, 0.25) is 0 Å². The van der Waals surface area contributed by atoms with E-state index in [4.69, 9.17) is 28.6 Å². The predicted molar refractivity (Wildman–Crippen MR) is 91.1 cm³/mol. The van der Waals surface area contributed by atoms with Gasteiger partial charge in [-0.15, -0.1) is 0 Å². The van der Waals surface area contributed by atoms with Crippen LogP contribution in [0.2, 0.25) is 5.02 Å². The van der Waals surface area contributed by atoms with Crippen molar-refractivity contribution < 1.29 is 9.53 Å². The van der Waals surface area contributed by atoms with E-state index in [9.17, 15) is 10.2 Å². The van der Waals surface area contributed by atoms with Crippen LogP contribution in [0.1, 0.15) is 25.3 Å². The highest BCUT2D eigenvalue weighted by Gasteiger charge is 2.34. The van der Waals surface area contributed by atoms with Crippen molar-refractivity contribution in [2.45, 2.75) is 19.8 Å². The molecule has 1 aliphatic heterocycles. The number of nitrogens with one attached hydrogen (secondary N) is 1. The molecule has 0 saturated heterocycles. The standard InChI is InChI=1S/C16H14ClN2O2S/c1-3-21-16(20)13-9(2)19-15(22)12(8-18)14(13)10-5-4-6-11(17)7-10/h4-7,14H,3H2,1-2H3,(H,19,22)/q-1/t14-/m0/s1. The summed E-state index contributed by atoms with van der Waals surface area (Å²) in [6.07, 6.45) is 0. The van der Waals surface area contributed by atoms with E-state index >= 15 is 0 Å². The van der Waals surface area contributed by atoms with Crippen molar-refractivity contribution >= 4 is 40.6 Å². The first-order chi connectivity index (χ1) is 10.5. The highest BCUT2D eigenvalue weighted by atomic mass is 35.5. The van der Waals surface area contributed by atoms with Crippen molar-refractivity contribution in [1.82, 2.24) is 5.32 Å². The van der Waals surface area contributed by atoms with E-state index in [1.165, 1.54) is 0 Å². The van der Waals surface area contributed by atoms with E-state index in [2.05, 4.69) is 11.2 Å². The molecule has 2 rings (SSSR count). The summed E-state index contributed by atoms with van der Waals surface area (Å²) < 4.78 is 5.13. The fraction of sp³-hybridized carbons (Fsp3) is 0.250. The molecule has 0 fully saturated rings. The molecular formula is C16H14ClN2O2S-. The lowest BCUT2D eigenvalue weighted by Gasteiger charge is -2.30. The lowest BCUT2D eigenvalue weighted by molar-refractivity contribution is -0.138. The zero-order valence-electron chi connectivity index (χ0n) is 12.1. The Morgan fingerprint density at radius 1 is 1.55 bits per heavy atom. The van der Waals surface area contributed by atoms with Crippen LogP contribution in [-0.4, -0.2) is 23.4 Å². The highest BCUT2D eigenvalue weighted by Crippen LogP contribution is 2.37. The van der Waals surface area contributed by atoms with E-state index in [-0.39, 0.29) is 6.61 Å². The summed E-state index contributed by atoms with van der Waals surface area (Å²) in [5.74, 6) is 1.06. The molecule has 1 aromatic carbocycles. The van der Waals surface area contributed by atoms with Gasteiger partial charge < -0.3 is 15.5 Å². The maximum Gasteiger partial charge on any atom is 0.336 e. The summed E-state index contributed by atoms with van der Waals surface area (Å²) in [6, 6.07) is 7.05. The molecule has 1 heterocycles. The molecule has 1 N–H and O–H groups in total. The molecule has 1 atom stereocenters. The summed E-state index contributed by atoms with van der Waals surface area (Å²) in [5.41, 5.74) is 2.02. The summed E-state index contributed by atoms with van der Waals surface area (Å²) in [7, 11) is 0. The molecule has 0 bridgehead atoms. The van der Waals surface area contributed by atoms with E-state index in [0.29, 0.717) is 26.9 Å². The lowest BCUT2D eigenvalue weighted by Crippen LogP contribution is -2.35. The zero-order valence-corrected chi connectivity index (χ0v) is 13.7. The molecule has 1 aliphatic rings. The number of thiocarbonyl (C=S) groups is 1. The van der Waals surface area contributed by atoms with E-state index in [1.54, 1.807) is 32.0 Å². The number of ether oxygens (including phenoxy) is 1. The number of halogens is 1. The predicted octanol–water partition coefficient (Wildman–Crippen LogP) is 3.36. The van der Waals surface area contributed by atoms with Crippen LogP contribution in [0.15, 0.2) is 41.1 Å². The summed E-state index contributed by atoms with van der Waals surface area (Å²) in [6.45, 7) is 3.73. The van der Waals surface area contributed by atoms with Gasteiger partial charge in [0.05, 0.1) is 18.1 Å². The quantitative estimate of drug-likeness (QED) is 0.399. The van der Waals surface area contributed by atoms with Gasteiger partial charge in [0, 0.05) is 16.3 Å². The maximum atomic E-state index is 12.3. The van der Waals surface area contributed by atoms with Gasteiger partial charge in [0.1, 0.15) is 4.99 Å². The molecule has 0 saturated carbocycles. The van der Waals surface area contributed by atoms with Gasteiger partial charge in [-0.05, 0) is 31.5 Å². The third kappa shape index (κ3) is 3.12. The molecular weight excluding hydrogens is 320 g/mol. The van der Waals surface area contributed by atoms with Crippen molar-refractivity contribution in [3.05, 3.63) is 57.1 Å². The molecule has 0 unspecified atom stereocenters. The van der Waals surface area contributed by atoms with E-state index in [0.717, 1.165) is 5.56 Å². The minimum Gasteiger partial charge on any atom is -0.763 e. The van der Waals surface area contributed by atoms with Crippen molar-refractivity contribution in [1.29, 1.82) is 0 Å². The molecule has 0 amide bonds. The first-order valence-corrected chi connectivity index (χ1v) is 7.49. The van der Waals surface area contributed by atoms with Crippen LogP contribution in [0.5, 0.6) is 0 Å². The second-order valence-corrected chi connectivity index (χ2v) is 5.57. The van der Waals surface area contributed by atoms with Crippen LogP contribution < -0.4 is 5.32 Å². The fourth-order valence-electron chi connectivity index (χ4n) is 2.41. The summed E-state index contributed by atoms with van der Waals surface area (Å²) >= 11 is 11.3. The van der Waals surface area contributed by atoms with E-state index in [1.807, 2.05) is 6.07 Å². The number of hydrogen-bond donors (Lipinski definition) is 1. The Morgan fingerprint density at radius 3 is 2.86 bits per heavy atom. The molecule has 0 radical (unpaired) electrons. The Bertz CT molecular complexity index is 721. The molecule has 1 aromatic rings. The third-order valence-corrected chi connectivity index (χ3v) is 3.88. The highest BCUT2D eigenvalue weighted by molar-refractivity contribution is 7.80. The number of carbonyl (C=O) groups is 1. The van der Waals surface area contributed by atoms with Crippen LogP contribution in [0, 0.1) is 0 Å². The number of esters is 1. The lowest BCUT2D eigenvalue weighted by atomic mass is 9.81. The number of nitrogens with zero attached hydrogens (tertiary/aromatic N) is 1. The third-order valence-electron chi connectivity index (χ3n) is 3.32. The van der Waals surface area contributed by atoms with Gasteiger partial charge in [-0.1, -0.05) is 36.0 Å². The van der Waals surface area contributed by atoms with Crippen molar-refractivity contribution in [2.24, 2.45) is 0 Å². The SMILES string of the molecule is CCOC(=O)C1=C(C)NC(=S)C(=C=[N-])[C@@H]1c1cccc(Cl)c1. The van der Waals surface area contributed by atoms with Crippen molar-refractivity contribution in [3.8, 4) is 0 Å². The average Bonchev–Trinajstić information content (AvgIpc) is 2.46. The normalized spacial score (nSPS) is 17.9. The van der Waals surface area contributed by atoms with Crippen LogP contribution in [0.3, 0.4) is 0 Å². The van der Waals surface area contributed by atoms with Gasteiger partial charge in [0.15, 0.2) is 0 Å². The Morgan fingerprint density at radius 2 is 2.27 bits per heavy atom. The first-order valence-electron chi connectivity index (χ1n) is 6.71.